The largest absolute Gasteiger partial charge is 0.383 e. The Balaban J connectivity index is 2.13. The van der Waals surface area contributed by atoms with E-state index in [1.54, 1.807) is 24.3 Å². The van der Waals surface area contributed by atoms with Crippen molar-refractivity contribution >= 4 is 17.7 Å². The van der Waals surface area contributed by atoms with Gasteiger partial charge in [-0.15, -0.1) is 0 Å². The third kappa shape index (κ3) is 2.42. The molecule has 3 amide bonds. The van der Waals surface area contributed by atoms with Crippen molar-refractivity contribution < 1.29 is 19.1 Å². The highest BCUT2D eigenvalue weighted by Crippen LogP contribution is 2.24. The zero-order valence-corrected chi connectivity index (χ0v) is 11.4. The van der Waals surface area contributed by atoms with Gasteiger partial charge in [0.05, 0.1) is 17.7 Å². The zero-order chi connectivity index (χ0) is 14.7. The molecule has 1 aliphatic rings. The van der Waals surface area contributed by atoms with E-state index >= 15 is 0 Å². The smallest absolute Gasteiger partial charge is 0.262 e. The highest BCUT2D eigenvalue weighted by atomic mass is 16.5. The van der Waals surface area contributed by atoms with Crippen molar-refractivity contribution in [1.82, 2.24) is 10.2 Å². The molecule has 1 aromatic rings. The summed E-state index contributed by atoms with van der Waals surface area (Å²) in [4.78, 5) is 37.3. The normalized spacial score (nSPS) is 15.2. The number of nitrogens with zero attached hydrogens (tertiary/aromatic N) is 1. The first-order chi connectivity index (χ1) is 9.57. The van der Waals surface area contributed by atoms with Crippen LogP contribution in [-0.2, 0) is 9.53 Å². The molecule has 0 saturated heterocycles. The Kier molecular flexibility index (Phi) is 4.14. The zero-order valence-electron chi connectivity index (χ0n) is 11.4. The maximum absolute atomic E-state index is 12.2. The van der Waals surface area contributed by atoms with Crippen LogP contribution in [0.5, 0.6) is 0 Å². The fourth-order valence-electron chi connectivity index (χ4n) is 2.10. The molecule has 0 radical (unpaired) electrons. The third-order valence-corrected chi connectivity index (χ3v) is 3.20. The molecule has 106 valence electrons. The summed E-state index contributed by atoms with van der Waals surface area (Å²) in [6.07, 6.45) is 0. The number of hydrogen-bond acceptors (Lipinski definition) is 4. The van der Waals surface area contributed by atoms with E-state index in [1.807, 2.05) is 0 Å². The average Bonchev–Trinajstić information content (AvgIpc) is 2.71. The minimum absolute atomic E-state index is 0.336. The first-order valence-corrected chi connectivity index (χ1v) is 6.31. The van der Waals surface area contributed by atoms with E-state index in [9.17, 15) is 14.4 Å². The van der Waals surface area contributed by atoms with Crippen LogP contribution >= 0.6 is 0 Å². The number of fused-ring (bicyclic) bond motifs is 1. The van der Waals surface area contributed by atoms with Crippen LogP contribution in [0.3, 0.4) is 0 Å². The Morgan fingerprint density at radius 1 is 1.25 bits per heavy atom. The second-order valence-electron chi connectivity index (χ2n) is 4.49. The van der Waals surface area contributed by atoms with Crippen molar-refractivity contribution in [3.8, 4) is 0 Å². The number of benzene rings is 1. The highest BCUT2D eigenvalue weighted by Gasteiger charge is 2.40. The van der Waals surface area contributed by atoms with Crippen LogP contribution in [0.15, 0.2) is 24.3 Å². The molecular weight excluding hydrogens is 260 g/mol. The van der Waals surface area contributed by atoms with Gasteiger partial charge in [0.2, 0.25) is 5.91 Å². The van der Waals surface area contributed by atoms with Crippen molar-refractivity contribution in [3.05, 3.63) is 35.4 Å². The molecule has 1 N–H and O–H groups in total. The minimum atomic E-state index is -0.848. The lowest BCUT2D eigenvalue weighted by Crippen LogP contribution is -2.48. The molecule has 0 fully saturated rings. The van der Waals surface area contributed by atoms with E-state index in [1.165, 1.54) is 14.0 Å². The molecule has 2 rings (SSSR count). The molecule has 1 aromatic carbocycles. The Hall–Kier alpha value is -2.21. The fraction of sp³-hybridized carbons (Fsp3) is 0.357. The lowest BCUT2D eigenvalue weighted by molar-refractivity contribution is -0.124. The lowest BCUT2D eigenvalue weighted by atomic mass is 10.1. The first kappa shape index (κ1) is 14.2. The van der Waals surface area contributed by atoms with Gasteiger partial charge in [-0.25, -0.2) is 0 Å². The van der Waals surface area contributed by atoms with Crippen LogP contribution < -0.4 is 5.32 Å². The van der Waals surface area contributed by atoms with Gasteiger partial charge < -0.3 is 10.1 Å². The van der Waals surface area contributed by atoms with Gasteiger partial charge in [-0.2, -0.15) is 0 Å². The van der Waals surface area contributed by atoms with Crippen LogP contribution in [0.25, 0.3) is 0 Å². The summed E-state index contributed by atoms with van der Waals surface area (Å²) in [5.41, 5.74) is 0.683. The molecule has 1 heterocycles. The molecule has 0 aromatic heterocycles. The number of nitrogens with one attached hydrogen (secondary N) is 1. The average molecular weight is 276 g/mol. The Morgan fingerprint density at radius 2 is 1.80 bits per heavy atom. The number of hydrogen-bond donors (Lipinski definition) is 1. The van der Waals surface area contributed by atoms with Crippen LogP contribution in [0.4, 0.5) is 0 Å². The maximum atomic E-state index is 12.2. The monoisotopic (exact) mass is 276 g/mol. The standard InChI is InChI=1S/C14H16N2O4/c1-9(12(17)15-7-8-20-2)16-13(18)10-5-3-4-6-11(10)14(16)19/h3-6,9H,7-8H2,1-2H3,(H,15,17)/t9-/m1/s1. The first-order valence-electron chi connectivity index (χ1n) is 6.31. The summed E-state index contributed by atoms with van der Waals surface area (Å²) in [6, 6.07) is 5.71. The minimum Gasteiger partial charge on any atom is -0.383 e. The fourth-order valence-corrected chi connectivity index (χ4v) is 2.10. The van der Waals surface area contributed by atoms with E-state index < -0.39 is 17.9 Å². The van der Waals surface area contributed by atoms with Gasteiger partial charge in [-0.05, 0) is 19.1 Å². The van der Waals surface area contributed by atoms with Crippen molar-refractivity contribution in [2.75, 3.05) is 20.3 Å². The molecule has 1 aliphatic heterocycles. The Bertz CT molecular complexity index is 521. The van der Waals surface area contributed by atoms with Crippen LogP contribution in [0.2, 0.25) is 0 Å². The second-order valence-corrected chi connectivity index (χ2v) is 4.49. The van der Waals surface area contributed by atoms with E-state index in [4.69, 9.17) is 4.74 Å². The number of amides is 3. The van der Waals surface area contributed by atoms with E-state index in [0.29, 0.717) is 24.3 Å². The van der Waals surface area contributed by atoms with Crippen molar-refractivity contribution in [2.24, 2.45) is 0 Å². The predicted octanol–water partition coefficient (Wildman–Crippen LogP) is 0.434. The summed E-state index contributed by atoms with van der Waals surface area (Å²) in [7, 11) is 1.53. The van der Waals surface area contributed by atoms with Crippen LogP contribution in [0.1, 0.15) is 27.6 Å². The molecule has 1 atom stereocenters. The van der Waals surface area contributed by atoms with Crippen LogP contribution in [0, 0.1) is 0 Å². The molecule has 0 aliphatic carbocycles. The number of carbonyl (C=O) groups is 3. The van der Waals surface area contributed by atoms with Gasteiger partial charge in [-0.1, -0.05) is 12.1 Å². The predicted molar refractivity (Wildman–Crippen MR) is 71.3 cm³/mol. The van der Waals surface area contributed by atoms with Crippen molar-refractivity contribution in [2.45, 2.75) is 13.0 Å². The molecule has 20 heavy (non-hydrogen) atoms. The molecule has 6 heteroatoms. The van der Waals surface area contributed by atoms with Gasteiger partial charge in [0.15, 0.2) is 0 Å². The van der Waals surface area contributed by atoms with Gasteiger partial charge >= 0.3 is 0 Å². The summed E-state index contributed by atoms with van der Waals surface area (Å²) in [5.74, 6) is -1.24. The molecule has 6 nitrogen and oxygen atoms in total. The van der Waals surface area contributed by atoms with Gasteiger partial charge in [0.25, 0.3) is 11.8 Å². The van der Waals surface area contributed by atoms with Crippen molar-refractivity contribution in [1.29, 1.82) is 0 Å². The molecular formula is C14H16N2O4. The molecule has 0 spiro atoms. The van der Waals surface area contributed by atoms with Crippen LogP contribution in [-0.4, -0.2) is 48.9 Å². The van der Waals surface area contributed by atoms with E-state index in [0.717, 1.165) is 4.90 Å². The number of ether oxygens (including phenoxy) is 1. The number of imide groups is 1. The molecule has 0 saturated carbocycles. The SMILES string of the molecule is COCCNC(=O)[C@@H](C)N1C(=O)c2ccccc2C1=O. The number of rotatable bonds is 5. The maximum Gasteiger partial charge on any atom is 0.262 e. The third-order valence-electron chi connectivity index (χ3n) is 3.20. The topological polar surface area (TPSA) is 75.7 Å². The van der Waals surface area contributed by atoms with Gasteiger partial charge in [0.1, 0.15) is 6.04 Å². The van der Waals surface area contributed by atoms with Crippen molar-refractivity contribution in [3.63, 3.8) is 0 Å². The Morgan fingerprint density at radius 3 is 2.30 bits per heavy atom. The summed E-state index contributed by atoms with van der Waals surface area (Å²) in [6.45, 7) is 2.24. The highest BCUT2D eigenvalue weighted by molar-refractivity contribution is 6.22. The van der Waals surface area contributed by atoms with E-state index in [2.05, 4.69) is 5.32 Å². The van der Waals surface area contributed by atoms with Gasteiger partial charge in [-0.3, -0.25) is 19.3 Å². The number of carbonyl (C=O) groups excluding carboxylic acids is 3. The number of methoxy groups -OCH3 is 1. The second kappa shape index (κ2) is 5.83. The Labute approximate surface area is 116 Å². The van der Waals surface area contributed by atoms with Gasteiger partial charge in [0, 0.05) is 13.7 Å². The quantitative estimate of drug-likeness (QED) is 0.625. The molecule has 0 unspecified atom stereocenters. The molecule has 0 bridgehead atoms. The summed E-state index contributed by atoms with van der Waals surface area (Å²) >= 11 is 0. The lowest BCUT2D eigenvalue weighted by Gasteiger charge is -2.21. The summed E-state index contributed by atoms with van der Waals surface area (Å²) < 4.78 is 4.83. The summed E-state index contributed by atoms with van der Waals surface area (Å²) in [5, 5.41) is 2.62. The van der Waals surface area contributed by atoms with E-state index in [-0.39, 0.29) is 5.91 Å².